The molecule has 152 valence electrons. The van der Waals surface area contributed by atoms with Crippen LogP contribution in [0.2, 0.25) is 5.02 Å². The number of aromatic nitrogens is 2. The molecule has 4 rings (SSSR count). The van der Waals surface area contributed by atoms with Crippen LogP contribution in [0.1, 0.15) is 13.3 Å². The van der Waals surface area contributed by atoms with E-state index in [1.807, 2.05) is 49.4 Å². The van der Waals surface area contributed by atoms with Crippen LogP contribution in [0.15, 0.2) is 53.6 Å². The summed E-state index contributed by atoms with van der Waals surface area (Å²) in [6, 6.07) is 15.5. The van der Waals surface area contributed by atoms with Crippen LogP contribution in [0.25, 0.3) is 33.1 Å². The summed E-state index contributed by atoms with van der Waals surface area (Å²) in [6.45, 7) is 2.17. The standard InChI is InChI=1S/C23H20ClN3O2S/c1-3-30(2,28)17-7-4-6-15(12-17)18-8-9-20(29-11-5-10-25)22-21(18)19-13-16(24)14-26-23(19)27-22/h4,6-9,12-14H,2-3,5,11H2,1H3,(H,26,27). The van der Waals surface area contributed by atoms with Crippen LogP contribution >= 0.6 is 11.6 Å². The van der Waals surface area contributed by atoms with Gasteiger partial charge in [0.05, 0.1) is 23.0 Å². The molecule has 1 N–H and O–H groups in total. The fourth-order valence-electron chi connectivity index (χ4n) is 3.46. The molecule has 5 nitrogen and oxygen atoms in total. The lowest BCUT2D eigenvalue weighted by atomic mass is 9.99. The van der Waals surface area contributed by atoms with Crippen molar-refractivity contribution in [3.05, 3.63) is 53.7 Å². The Hall–Kier alpha value is -3.01. The van der Waals surface area contributed by atoms with Gasteiger partial charge in [0.25, 0.3) is 0 Å². The second kappa shape index (κ2) is 8.02. The Labute approximate surface area is 180 Å². The van der Waals surface area contributed by atoms with Gasteiger partial charge >= 0.3 is 0 Å². The first-order chi connectivity index (χ1) is 14.4. The summed E-state index contributed by atoms with van der Waals surface area (Å²) in [6.07, 6.45) is 1.89. The third-order valence-electron chi connectivity index (χ3n) is 5.05. The van der Waals surface area contributed by atoms with Crippen LogP contribution in [-0.2, 0) is 9.52 Å². The fraction of sp³-hybridized carbons (Fsp3) is 0.174. The zero-order chi connectivity index (χ0) is 21.3. The average molecular weight is 438 g/mol. The summed E-state index contributed by atoms with van der Waals surface area (Å²) >= 11 is 6.23. The van der Waals surface area contributed by atoms with E-state index >= 15 is 0 Å². The lowest BCUT2D eigenvalue weighted by Gasteiger charge is -2.12. The number of ether oxygens (including phenoxy) is 1. The number of halogens is 1. The molecule has 1 atom stereocenters. The number of hydrogen-bond donors (Lipinski definition) is 1. The predicted molar refractivity (Wildman–Crippen MR) is 124 cm³/mol. The van der Waals surface area contributed by atoms with E-state index in [-0.39, 0.29) is 0 Å². The van der Waals surface area contributed by atoms with Crippen LogP contribution in [0.5, 0.6) is 5.75 Å². The Morgan fingerprint density at radius 2 is 2.13 bits per heavy atom. The monoisotopic (exact) mass is 437 g/mol. The minimum absolute atomic E-state index is 0.296. The zero-order valence-corrected chi connectivity index (χ0v) is 18.0. The Morgan fingerprint density at radius 1 is 1.30 bits per heavy atom. The summed E-state index contributed by atoms with van der Waals surface area (Å²) in [5.41, 5.74) is 3.34. The Kier molecular flexibility index (Phi) is 5.42. The van der Waals surface area contributed by atoms with Crippen LogP contribution in [0.3, 0.4) is 0 Å². The molecular weight excluding hydrogens is 418 g/mol. The molecule has 0 saturated carbocycles. The van der Waals surface area contributed by atoms with Gasteiger partial charge in [-0.3, -0.25) is 4.21 Å². The Balaban J connectivity index is 1.98. The lowest BCUT2D eigenvalue weighted by Crippen LogP contribution is -2.03. The fourth-order valence-corrected chi connectivity index (χ4v) is 4.62. The smallest absolute Gasteiger partial charge is 0.143 e. The van der Waals surface area contributed by atoms with Crippen molar-refractivity contribution >= 4 is 48.9 Å². The van der Waals surface area contributed by atoms with E-state index in [1.54, 1.807) is 6.20 Å². The van der Waals surface area contributed by atoms with E-state index in [2.05, 4.69) is 21.9 Å². The van der Waals surface area contributed by atoms with Gasteiger partial charge in [-0.2, -0.15) is 5.26 Å². The number of fused-ring (bicyclic) bond motifs is 3. The third-order valence-corrected chi connectivity index (χ3v) is 7.30. The van der Waals surface area contributed by atoms with Crippen LogP contribution in [0.4, 0.5) is 0 Å². The average Bonchev–Trinajstić information content (AvgIpc) is 3.13. The van der Waals surface area contributed by atoms with Gasteiger partial charge in [-0.15, -0.1) is 0 Å². The molecule has 0 amide bonds. The molecule has 7 heteroatoms. The van der Waals surface area contributed by atoms with Gasteiger partial charge in [-0.1, -0.05) is 30.7 Å². The van der Waals surface area contributed by atoms with Crippen molar-refractivity contribution in [3.8, 4) is 22.9 Å². The molecule has 0 radical (unpaired) electrons. The number of benzene rings is 2. The second-order valence-electron chi connectivity index (χ2n) is 6.92. The Morgan fingerprint density at radius 3 is 2.90 bits per heavy atom. The number of nitriles is 1. The highest BCUT2D eigenvalue weighted by Gasteiger charge is 2.17. The molecule has 30 heavy (non-hydrogen) atoms. The van der Waals surface area contributed by atoms with Crippen molar-refractivity contribution in [3.63, 3.8) is 0 Å². The van der Waals surface area contributed by atoms with Crippen molar-refractivity contribution in [2.45, 2.75) is 18.2 Å². The molecule has 0 spiro atoms. The molecule has 0 aliphatic carbocycles. The van der Waals surface area contributed by atoms with Crippen molar-refractivity contribution in [2.75, 3.05) is 12.4 Å². The summed E-state index contributed by atoms with van der Waals surface area (Å²) in [4.78, 5) is 8.45. The first-order valence-corrected chi connectivity index (χ1v) is 11.8. The highest BCUT2D eigenvalue weighted by Crippen LogP contribution is 2.39. The molecule has 2 heterocycles. The van der Waals surface area contributed by atoms with Gasteiger partial charge in [0.1, 0.15) is 18.0 Å². The van der Waals surface area contributed by atoms with E-state index in [0.29, 0.717) is 35.2 Å². The van der Waals surface area contributed by atoms with E-state index in [4.69, 9.17) is 21.6 Å². The maximum Gasteiger partial charge on any atom is 0.143 e. The summed E-state index contributed by atoms with van der Waals surface area (Å²) in [7, 11) is -2.34. The number of pyridine rings is 1. The maximum absolute atomic E-state index is 12.8. The largest absolute Gasteiger partial charge is 0.490 e. The number of nitrogens with one attached hydrogen (secondary N) is 1. The van der Waals surface area contributed by atoms with E-state index in [0.717, 1.165) is 32.3 Å². The van der Waals surface area contributed by atoms with Crippen molar-refractivity contribution < 1.29 is 8.95 Å². The molecule has 0 aliphatic rings. The molecule has 0 bridgehead atoms. The third kappa shape index (κ3) is 3.62. The first-order valence-electron chi connectivity index (χ1n) is 9.49. The number of hydrogen-bond acceptors (Lipinski definition) is 4. The highest BCUT2D eigenvalue weighted by atomic mass is 35.5. The van der Waals surface area contributed by atoms with Crippen molar-refractivity contribution in [2.24, 2.45) is 0 Å². The maximum atomic E-state index is 12.8. The molecule has 1 unspecified atom stereocenters. The van der Waals surface area contributed by atoms with Crippen LogP contribution < -0.4 is 4.74 Å². The van der Waals surface area contributed by atoms with E-state index in [9.17, 15) is 4.21 Å². The number of rotatable bonds is 6. The summed E-state index contributed by atoms with van der Waals surface area (Å²) in [5, 5.41) is 11.1. The van der Waals surface area contributed by atoms with Gasteiger partial charge in [0, 0.05) is 27.6 Å². The topological polar surface area (TPSA) is 78.8 Å². The van der Waals surface area contributed by atoms with Gasteiger partial charge in [0.2, 0.25) is 0 Å². The van der Waals surface area contributed by atoms with Gasteiger partial charge in [0.15, 0.2) is 0 Å². The molecular formula is C23H20ClN3O2S. The molecule has 2 aromatic carbocycles. The first kappa shape index (κ1) is 20.3. The molecule has 0 fully saturated rings. The number of nitrogens with zero attached hydrogens (tertiary/aromatic N) is 2. The predicted octanol–water partition coefficient (Wildman–Crippen LogP) is 5.42. The quantitative estimate of drug-likeness (QED) is 0.322. The van der Waals surface area contributed by atoms with Crippen LogP contribution in [-0.4, -0.2) is 32.4 Å². The number of H-pyrrole nitrogens is 1. The lowest BCUT2D eigenvalue weighted by molar-refractivity contribution is 0.330. The minimum Gasteiger partial charge on any atom is -0.490 e. The second-order valence-corrected chi connectivity index (χ2v) is 10.0. The van der Waals surface area contributed by atoms with Gasteiger partial charge < -0.3 is 9.72 Å². The van der Waals surface area contributed by atoms with Gasteiger partial charge in [-0.05, 0) is 56.9 Å². The Bertz CT molecular complexity index is 1400. The molecule has 0 aliphatic heterocycles. The highest BCUT2D eigenvalue weighted by molar-refractivity contribution is 8.00. The summed E-state index contributed by atoms with van der Waals surface area (Å²) in [5.74, 6) is 5.03. The normalized spacial score (nSPS) is 13.2. The zero-order valence-electron chi connectivity index (χ0n) is 16.4. The minimum atomic E-state index is -2.34. The van der Waals surface area contributed by atoms with E-state index in [1.165, 1.54) is 0 Å². The van der Waals surface area contributed by atoms with Crippen molar-refractivity contribution in [1.29, 1.82) is 5.26 Å². The SMILES string of the molecule is C=S(=O)(CC)c1cccc(-c2ccc(OCCC#N)c3[nH]c4ncc(Cl)cc4c23)c1. The molecule has 0 saturated heterocycles. The molecule has 2 aromatic heterocycles. The van der Waals surface area contributed by atoms with Crippen molar-refractivity contribution in [1.82, 2.24) is 9.97 Å². The molecule has 4 aromatic rings. The summed E-state index contributed by atoms with van der Waals surface area (Å²) < 4.78 is 18.7. The van der Waals surface area contributed by atoms with Gasteiger partial charge in [-0.25, -0.2) is 4.98 Å². The van der Waals surface area contributed by atoms with Crippen LogP contribution in [0, 0.1) is 11.3 Å². The number of aromatic amines is 1. The van der Waals surface area contributed by atoms with E-state index < -0.39 is 9.52 Å².